The highest BCUT2D eigenvalue weighted by Gasteiger charge is 2.33. The Morgan fingerprint density at radius 2 is 1.95 bits per heavy atom. The van der Waals surface area contributed by atoms with E-state index in [1.807, 2.05) is 0 Å². The van der Waals surface area contributed by atoms with Crippen molar-refractivity contribution in [3.8, 4) is 0 Å². The monoisotopic (exact) mass is 287 g/mol. The molecule has 0 saturated heterocycles. The van der Waals surface area contributed by atoms with Crippen molar-refractivity contribution in [1.29, 1.82) is 0 Å². The Hall–Kier alpha value is -1.62. The summed E-state index contributed by atoms with van der Waals surface area (Å²) in [5.41, 5.74) is -0.121. The number of hydrogen-bond donors (Lipinski definition) is 1. The van der Waals surface area contributed by atoms with Gasteiger partial charge < -0.3 is 10.0 Å². The molecule has 0 fully saturated rings. The maximum atomic E-state index is 14.0. The molecular formula is C13H15ClFNO3. The van der Waals surface area contributed by atoms with Crippen LogP contribution in [0.15, 0.2) is 18.2 Å². The molecule has 0 heterocycles. The highest BCUT2D eigenvalue weighted by molar-refractivity contribution is 6.30. The number of rotatable bonds is 4. The highest BCUT2D eigenvalue weighted by atomic mass is 35.5. The van der Waals surface area contributed by atoms with Crippen molar-refractivity contribution in [3.63, 3.8) is 0 Å². The Morgan fingerprint density at radius 1 is 1.37 bits per heavy atom. The van der Waals surface area contributed by atoms with Gasteiger partial charge in [0.25, 0.3) is 0 Å². The Bertz CT molecular complexity index is 505. The van der Waals surface area contributed by atoms with Gasteiger partial charge in [0.2, 0.25) is 5.91 Å². The van der Waals surface area contributed by atoms with Crippen LogP contribution in [0.2, 0.25) is 5.02 Å². The molecule has 0 bridgehead atoms. The van der Waals surface area contributed by atoms with Gasteiger partial charge in [-0.3, -0.25) is 4.79 Å². The number of amides is 1. The van der Waals surface area contributed by atoms with Crippen molar-refractivity contribution >= 4 is 23.5 Å². The fraction of sp³-hybridized carbons (Fsp3) is 0.385. The predicted octanol–water partition coefficient (Wildman–Crippen LogP) is 2.86. The zero-order chi connectivity index (χ0) is 14.7. The number of carboxylic acid groups (broad SMARTS) is 1. The third-order valence-electron chi connectivity index (χ3n) is 2.71. The zero-order valence-electron chi connectivity index (χ0n) is 10.9. The van der Waals surface area contributed by atoms with Gasteiger partial charge in [0, 0.05) is 18.5 Å². The molecule has 1 aromatic rings. The summed E-state index contributed by atoms with van der Waals surface area (Å²) in [5.74, 6) is -2.56. The maximum absolute atomic E-state index is 14.0. The van der Waals surface area contributed by atoms with Crippen LogP contribution in [0.3, 0.4) is 0 Å². The number of aliphatic carboxylic acids is 1. The summed E-state index contributed by atoms with van der Waals surface area (Å²) >= 11 is 5.66. The summed E-state index contributed by atoms with van der Waals surface area (Å²) in [6, 6.07) is 2.33. The Labute approximate surface area is 115 Å². The largest absolute Gasteiger partial charge is 0.479 e. The van der Waals surface area contributed by atoms with Crippen LogP contribution in [-0.2, 0) is 9.59 Å². The van der Waals surface area contributed by atoms with Gasteiger partial charge >= 0.3 is 5.97 Å². The number of carboxylic acids is 1. The van der Waals surface area contributed by atoms with E-state index in [4.69, 9.17) is 11.6 Å². The number of carbonyl (C=O) groups excluding carboxylic acids is 1. The van der Waals surface area contributed by atoms with E-state index in [1.54, 1.807) is 13.8 Å². The highest BCUT2D eigenvalue weighted by Crippen LogP contribution is 2.29. The maximum Gasteiger partial charge on any atom is 0.331 e. The fourth-order valence-corrected chi connectivity index (χ4v) is 2.16. The molecule has 1 aromatic carbocycles. The van der Waals surface area contributed by atoms with Gasteiger partial charge in [-0.15, -0.1) is 0 Å². The van der Waals surface area contributed by atoms with Crippen molar-refractivity contribution in [2.75, 3.05) is 0 Å². The second-order valence-electron chi connectivity index (χ2n) is 4.40. The van der Waals surface area contributed by atoms with Gasteiger partial charge in [-0.2, -0.15) is 0 Å². The average molecular weight is 288 g/mol. The Balaban J connectivity index is 3.39. The van der Waals surface area contributed by atoms with Crippen LogP contribution in [0.5, 0.6) is 0 Å². The fourth-order valence-electron chi connectivity index (χ4n) is 1.98. The van der Waals surface area contributed by atoms with Crippen molar-refractivity contribution in [3.05, 3.63) is 34.6 Å². The van der Waals surface area contributed by atoms with Crippen LogP contribution < -0.4 is 0 Å². The van der Waals surface area contributed by atoms with Crippen LogP contribution in [0, 0.1) is 5.82 Å². The molecule has 19 heavy (non-hydrogen) atoms. The van der Waals surface area contributed by atoms with Gasteiger partial charge in [-0.25, -0.2) is 9.18 Å². The third-order valence-corrected chi connectivity index (χ3v) is 3.00. The molecule has 1 unspecified atom stereocenters. The summed E-state index contributed by atoms with van der Waals surface area (Å²) in [7, 11) is 0. The lowest BCUT2D eigenvalue weighted by Gasteiger charge is -2.32. The van der Waals surface area contributed by atoms with E-state index >= 15 is 0 Å². The quantitative estimate of drug-likeness (QED) is 0.926. The number of benzene rings is 1. The van der Waals surface area contributed by atoms with Crippen molar-refractivity contribution < 1.29 is 19.1 Å². The van der Waals surface area contributed by atoms with E-state index in [-0.39, 0.29) is 16.6 Å². The van der Waals surface area contributed by atoms with E-state index in [0.717, 1.165) is 4.90 Å². The molecule has 1 rings (SSSR count). The third kappa shape index (κ3) is 3.23. The summed E-state index contributed by atoms with van der Waals surface area (Å²) < 4.78 is 14.0. The van der Waals surface area contributed by atoms with Crippen molar-refractivity contribution in [1.82, 2.24) is 4.90 Å². The zero-order valence-corrected chi connectivity index (χ0v) is 11.6. The van der Waals surface area contributed by atoms with Crippen molar-refractivity contribution in [2.24, 2.45) is 0 Å². The van der Waals surface area contributed by atoms with Gasteiger partial charge in [-0.1, -0.05) is 23.7 Å². The summed E-state index contributed by atoms with van der Waals surface area (Å²) in [6.45, 7) is 4.58. The Kier molecular flexibility index (Phi) is 4.89. The lowest BCUT2D eigenvalue weighted by Crippen LogP contribution is -2.42. The van der Waals surface area contributed by atoms with Crippen LogP contribution in [0.25, 0.3) is 0 Å². The molecule has 0 saturated carbocycles. The van der Waals surface area contributed by atoms with Crippen molar-refractivity contribution in [2.45, 2.75) is 32.9 Å². The van der Waals surface area contributed by atoms with E-state index < -0.39 is 23.7 Å². The smallest absolute Gasteiger partial charge is 0.331 e. The van der Waals surface area contributed by atoms with Gasteiger partial charge in [0.15, 0.2) is 6.04 Å². The molecule has 0 aliphatic heterocycles. The molecule has 0 aliphatic rings. The van der Waals surface area contributed by atoms with Gasteiger partial charge in [0.1, 0.15) is 5.82 Å². The molecule has 0 aromatic heterocycles. The van der Waals surface area contributed by atoms with E-state index in [1.165, 1.54) is 25.1 Å². The van der Waals surface area contributed by atoms with Crippen LogP contribution in [0.4, 0.5) is 4.39 Å². The number of halogens is 2. The number of hydrogen-bond acceptors (Lipinski definition) is 2. The molecule has 6 heteroatoms. The first kappa shape index (κ1) is 15.4. The van der Waals surface area contributed by atoms with Crippen LogP contribution in [-0.4, -0.2) is 27.9 Å². The Morgan fingerprint density at radius 3 is 2.37 bits per heavy atom. The number of nitrogens with zero attached hydrogens (tertiary/aromatic N) is 1. The normalized spacial score (nSPS) is 12.3. The minimum absolute atomic E-state index is 0.121. The lowest BCUT2D eigenvalue weighted by atomic mass is 10.0. The molecule has 104 valence electrons. The van der Waals surface area contributed by atoms with Gasteiger partial charge in [0.05, 0.1) is 5.02 Å². The molecule has 0 spiro atoms. The van der Waals surface area contributed by atoms with E-state index in [9.17, 15) is 19.1 Å². The molecule has 1 N–H and O–H groups in total. The summed E-state index contributed by atoms with van der Waals surface area (Å²) in [5, 5.41) is 9.14. The first-order chi connectivity index (χ1) is 8.77. The van der Waals surface area contributed by atoms with E-state index in [2.05, 4.69) is 0 Å². The molecule has 1 atom stereocenters. The molecular weight excluding hydrogens is 273 g/mol. The van der Waals surface area contributed by atoms with Crippen LogP contribution in [0.1, 0.15) is 32.4 Å². The molecule has 0 radical (unpaired) electrons. The summed E-state index contributed by atoms with van der Waals surface area (Å²) in [4.78, 5) is 24.1. The van der Waals surface area contributed by atoms with Crippen LogP contribution >= 0.6 is 11.6 Å². The molecule has 4 nitrogen and oxygen atoms in total. The SMILES string of the molecule is CC(=O)N(C(C)C)C(C(=O)O)c1cccc(Cl)c1F. The van der Waals surface area contributed by atoms with E-state index in [0.29, 0.717) is 0 Å². The second kappa shape index (κ2) is 6.02. The second-order valence-corrected chi connectivity index (χ2v) is 4.81. The first-order valence-corrected chi connectivity index (χ1v) is 6.10. The first-order valence-electron chi connectivity index (χ1n) is 5.73. The lowest BCUT2D eigenvalue weighted by molar-refractivity contribution is -0.151. The summed E-state index contributed by atoms with van der Waals surface area (Å²) in [6.07, 6.45) is 0. The standard InChI is InChI=1S/C13H15ClFNO3/c1-7(2)16(8(3)17)12(13(18)19)9-5-4-6-10(14)11(9)15/h4-7,12H,1-3H3,(H,18,19). The molecule has 1 amide bonds. The van der Waals surface area contributed by atoms with Gasteiger partial charge in [-0.05, 0) is 19.9 Å². The number of carbonyl (C=O) groups is 2. The average Bonchev–Trinajstić information content (AvgIpc) is 2.28. The predicted molar refractivity (Wildman–Crippen MR) is 69.4 cm³/mol. The molecule has 0 aliphatic carbocycles. The minimum Gasteiger partial charge on any atom is -0.479 e. The minimum atomic E-state index is -1.39. The topological polar surface area (TPSA) is 57.6 Å².